The van der Waals surface area contributed by atoms with E-state index in [1.807, 2.05) is 13.8 Å². The molecule has 0 unspecified atom stereocenters. The molecule has 0 aliphatic heterocycles. The lowest BCUT2D eigenvalue weighted by Crippen LogP contribution is -2.08. The van der Waals surface area contributed by atoms with E-state index < -0.39 is 5.97 Å². The first-order valence-electron chi connectivity index (χ1n) is 5.53. The first-order chi connectivity index (χ1) is 8.52. The minimum Gasteiger partial charge on any atom is -0.497 e. The number of fused-ring (bicyclic) bond motifs is 1. The standard InChI is InChI=1S/C13H14O5/c1-7(2)17-11-9-6-8(16-3)4-5-10(9)18-12(11)13(14)15/h4-7H,1-3H3,(H,14,15). The average molecular weight is 250 g/mol. The Morgan fingerprint density at radius 2 is 2.11 bits per heavy atom. The Hall–Kier alpha value is -2.17. The van der Waals surface area contributed by atoms with Crippen molar-refractivity contribution in [1.29, 1.82) is 0 Å². The molecule has 1 N–H and O–H groups in total. The zero-order valence-corrected chi connectivity index (χ0v) is 10.4. The van der Waals surface area contributed by atoms with Crippen molar-refractivity contribution in [2.45, 2.75) is 20.0 Å². The third-order valence-corrected chi connectivity index (χ3v) is 2.40. The molecule has 0 amide bonds. The number of rotatable bonds is 4. The van der Waals surface area contributed by atoms with Gasteiger partial charge in [0.2, 0.25) is 0 Å². The maximum absolute atomic E-state index is 11.1. The number of methoxy groups -OCH3 is 1. The molecule has 0 radical (unpaired) electrons. The Kier molecular flexibility index (Phi) is 3.14. The maximum Gasteiger partial charge on any atom is 0.375 e. The smallest absolute Gasteiger partial charge is 0.375 e. The zero-order chi connectivity index (χ0) is 13.3. The Labute approximate surface area is 104 Å². The van der Waals surface area contributed by atoms with Gasteiger partial charge in [0.25, 0.3) is 5.76 Å². The molecule has 0 spiro atoms. The van der Waals surface area contributed by atoms with Crippen molar-refractivity contribution in [2.75, 3.05) is 7.11 Å². The molecule has 1 aromatic heterocycles. The Morgan fingerprint density at radius 1 is 1.39 bits per heavy atom. The van der Waals surface area contributed by atoms with Crippen molar-refractivity contribution >= 4 is 16.9 Å². The number of hydrogen-bond donors (Lipinski definition) is 1. The fraction of sp³-hybridized carbons (Fsp3) is 0.308. The number of benzene rings is 1. The highest BCUT2D eigenvalue weighted by molar-refractivity contribution is 5.98. The summed E-state index contributed by atoms with van der Waals surface area (Å²) in [5.41, 5.74) is 0.462. The van der Waals surface area contributed by atoms with Crippen molar-refractivity contribution in [3.63, 3.8) is 0 Å². The molecule has 0 aliphatic carbocycles. The van der Waals surface area contributed by atoms with Gasteiger partial charge in [0.05, 0.1) is 18.6 Å². The number of carbonyl (C=O) groups is 1. The van der Waals surface area contributed by atoms with Gasteiger partial charge in [0, 0.05) is 0 Å². The molecule has 2 rings (SSSR count). The van der Waals surface area contributed by atoms with Gasteiger partial charge in [-0.3, -0.25) is 0 Å². The van der Waals surface area contributed by atoms with E-state index in [2.05, 4.69) is 0 Å². The lowest BCUT2D eigenvalue weighted by Gasteiger charge is -2.08. The van der Waals surface area contributed by atoms with Crippen molar-refractivity contribution in [3.8, 4) is 11.5 Å². The predicted octanol–water partition coefficient (Wildman–Crippen LogP) is 2.93. The maximum atomic E-state index is 11.1. The molecule has 5 nitrogen and oxygen atoms in total. The van der Waals surface area contributed by atoms with Crippen LogP contribution in [-0.4, -0.2) is 24.3 Å². The molecular weight excluding hydrogens is 236 g/mol. The van der Waals surface area contributed by atoms with Crippen LogP contribution in [-0.2, 0) is 0 Å². The third-order valence-electron chi connectivity index (χ3n) is 2.40. The van der Waals surface area contributed by atoms with E-state index in [-0.39, 0.29) is 17.6 Å². The van der Waals surface area contributed by atoms with Crippen LogP contribution >= 0.6 is 0 Å². The molecule has 0 fully saturated rings. The van der Waals surface area contributed by atoms with Crippen LogP contribution in [0.4, 0.5) is 0 Å². The monoisotopic (exact) mass is 250 g/mol. The summed E-state index contributed by atoms with van der Waals surface area (Å²) in [7, 11) is 1.54. The molecular formula is C13H14O5. The van der Waals surface area contributed by atoms with Crippen molar-refractivity contribution in [2.24, 2.45) is 0 Å². The van der Waals surface area contributed by atoms with Gasteiger partial charge in [-0.15, -0.1) is 0 Å². The van der Waals surface area contributed by atoms with E-state index in [1.165, 1.54) is 0 Å². The molecule has 0 aliphatic rings. The quantitative estimate of drug-likeness (QED) is 0.903. The van der Waals surface area contributed by atoms with Crippen LogP contribution in [0, 0.1) is 0 Å². The minimum absolute atomic E-state index is 0.143. The first-order valence-corrected chi connectivity index (χ1v) is 5.53. The van der Waals surface area contributed by atoms with Crippen LogP contribution in [0.3, 0.4) is 0 Å². The van der Waals surface area contributed by atoms with Crippen LogP contribution in [0.1, 0.15) is 24.4 Å². The highest BCUT2D eigenvalue weighted by atomic mass is 16.5. The summed E-state index contributed by atoms with van der Waals surface area (Å²) in [6, 6.07) is 5.06. The minimum atomic E-state index is -1.15. The van der Waals surface area contributed by atoms with E-state index in [9.17, 15) is 4.79 Å². The lowest BCUT2D eigenvalue weighted by atomic mass is 10.2. The molecule has 96 valence electrons. The number of furan rings is 1. The number of hydrogen-bond acceptors (Lipinski definition) is 4. The largest absolute Gasteiger partial charge is 0.497 e. The fourth-order valence-electron chi connectivity index (χ4n) is 1.67. The van der Waals surface area contributed by atoms with Crippen LogP contribution in [0.2, 0.25) is 0 Å². The van der Waals surface area contributed by atoms with Crippen LogP contribution in [0.5, 0.6) is 11.5 Å². The first kappa shape index (κ1) is 12.3. The van der Waals surface area contributed by atoms with Gasteiger partial charge in [0.15, 0.2) is 5.75 Å². The van der Waals surface area contributed by atoms with Crippen LogP contribution < -0.4 is 9.47 Å². The Morgan fingerprint density at radius 3 is 2.67 bits per heavy atom. The molecule has 5 heteroatoms. The third kappa shape index (κ3) is 2.11. The van der Waals surface area contributed by atoms with Gasteiger partial charge in [-0.25, -0.2) is 4.79 Å². The second-order valence-electron chi connectivity index (χ2n) is 4.09. The van der Waals surface area contributed by atoms with Gasteiger partial charge in [-0.05, 0) is 32.0 Å². The topological polar surface area (TPSA) is 68.9 Å². The summed E-state index contributed by atoms with van der Waals surface area (Å²) in [6.45, 7) is 3.65. The number of ether oxygens (including phenoxy) is 2. The van der Waals surface area contributed by atoms with E-state index in [4.69, 9.17) is 19.0 Å². The van der Waals surface area contributed by atoms with E-state index in [1.54, 1.807) is 25.3 Å². The normalized spacial score (nSPS) is 10.9. The highest BCUT2D eigenvalue weighted by Crippen LogP contribution is 2.36. The summed E-state index contributed by atoms with van der Waals surface area (Å²) in [5, 5.41) is 9.70. The summed E-state index contributed by atoms with van der Waals surface area (Å²) in [5.74, 6) is -0.479. The van der Waals surface area contributed by atoms with Gasteiger partial charge in [-0.1, -0.05) is 0 Å². The molecule has 1 heterocycles. The van der Waals surface area contributed by atoms with Crippen LogP contribution in [0.25, 0.3) is 11.0 Å². The number of carboxylic acids is 1. The second kappa shape index (κ2) is 4.60. The van der Waals surface area contributed by atoms with Crippen molar-refractivity contribution in [1.82, 2.24) is 0 Å². The zero-order valence-electron chi connectivity index (χ0n) is 10.4. The highest BCUT2D eigenvalue weighted by Gasteiger charge is 2.22. The fourth-order valence-corrected chi connectivity index (χ4v) is 1.67. The molecule has 0 bridgehead atoms. The van der Waals surface area contributed by atoms with Gasteiger partial charge < -0.3 is 19.0 Å². The van der Waals surface area contributed by atoms with E-state index >= 15 is 0 Å². The van der Waals surface area contributed by atoms with Gasteiger partial charge >= 0.3 is 5.97 Å². The summed E-state index contributed by atoms with van der Waals surface area (Å²) in [4.78, 5) is 11.1. The molecule has 0 atom stereocenters. The average Bonchev–Trinajstić information content (AvgIpc) is 2.67. The molecule has 2 aromatic rings. The molecule has 0 saturated heterocycles. The summed E-state index contributed by atoms with van der Waals surface area (Å²) < 4.78 is 15.9. The van der Waals surface area contributed by atoms with E-state index in [0.717, 1.165) is 0 Å². The van der Waals surface area contributed by atoms with Crippen LogP contribution in [0.15, 0.2) is 22.6 Å². The summed E-state index contributed by atoms with van der Waals surface area (Å²) in [6.07, 6.45) is -0.143. The number of carboxylic acid groups (broad SMARTS) is 1. The second-order valence-corrected chi connectivity index (χ2v) is 4.09. The Balaban J connectivity index is 2.65. The van der Waals surface area contributed by atoms with Crippen molar-refractivity contribution < 1.29 is 23.8 Å². The molecule has 1 aromatic carbocycles. The molecule has 0 saturated carbocycles. The van der Waals surface area contributed by atoms with Gasteiger partial charge in [-0.2, -0.15) is 0 Å². The Bertz CT molecular complexity index is 582. The molecule has 18 heavy (non-hydrogen) atoms. The van der Waals surface area contributed by atoms with E-state index in [0.29, 0.717) is 16.7 Å². The van der Waals surface area contributed by atoms with Crippen molar-refractivity contribution in [3.05, 3.63) is 24.0 Å². The summed E-state index contributed by atoms with van der Waals surface area (Å²) >= 11 is 0. The SMILES string of the molecule is COc1ccc2oc(C(=O)O)c(OC(C)C)c2c1. The lowest BCUT2D eigenvalue weighted by molar-refractivity contribution is 0.0656. The predicted molar refractivity (Wildman–Crippen MR) is 65.5 cm³/mol. The number of aromatic carboxylic acids is 1. The van der Waals surface area contributed by atoms with Gasteiger partial charge in [0.1, 0.15) is 11.3 Å².